The first kappa shape index (κ1) is 19.7. The molecule has 140 valence electrons. The molecule has 1 aliphatic rings. The van der Waals surface area contributed by atoms with Crippen LogP contribution in [0.4, 0.5) is 0 Å². The molecule has 1 aromatic heterocycles. The molecule has 0 aromatic carbocycles. The molecule has 2 heterocycles. The van der Waals surface area contributed by atoms with Crippen LogP contribution in [-0.4, -0.2) is 69.4 Å². The van der Waals surface area contributed by atoms with Crippen molar-refractivity contribution >= 4 is 23.2 Å². The molecule has 8 heteroatoms. The van der Waals surface area contributed by atoms with Gasteiger partial charge in [0.2, 0.25) is 5.91 Å². The Morgan fingerprint density at radius 2 is 2.40 bits per heavy atom. The molecular weight excluding hydrogens is 340 g/mol. The van der Waals surface area contributed by atoms with Crippen LogP contribution in [0.5, 0.6) is 0 Å². The van der Waals surface area contributed by atoms with Gasteiger partial charge in [-0.15, -0.1) is 11.3 Å². The highest BCUT2D eigenvalue weighted by Crippen LogP contribution is 2.09. The zero-order valence-electron chi connectivity index (χ0n) is 15.2. The molecule has 2 rings (SSSR count). The number of ether oxygens (including phenoxy) is 2. The minimum atomic E-state index is -0.0377. The van der Waals surface area contributed by atoms with Crippen LogP contribution >= 0.6 is 11.3 Å². The summed E-state index contributed by atoms with van der Waals surface area (Å²) in [5.74, 6) is 0.576. The van der Waals surface area contributed by atoms with E-state index in [1.165, 1.54) is 9.78 Å². The van der Waals surface area contributed by atoms with Gasteiger partial charge < -0.3 is 25.0 Å². The number of nitrogens with zero attached hydrogens (tertiary/aromatic N) is 2. The molecule has 1 saturated heterocycles. The van der Waals surface area contributed by atoms with Gasteiger partial charge in [0.25, 0.3) is 0 Å². The van der Waals surface area contributed by atoms with Crippen molar-refractivity contribution in [1.82, 2.24) is 15.5 Å². The van der Waals surface area contributed by atoms with Crippen LogP contribution in [0, 0.1) is 0 Å². The molecule has 1 amide bonds. The van der Waals surface area contributed by atoms with Gasteiger partial charge in [-0.25, -0.2) is 4.99 Å². The van der Waals surface area contributed by atoms with Crippen LogP contribution in [0.2, 0.25) is 0 Å². The SMILES string of the molecule is CC(COC1CCOC1)NC(=NCC(=O)N(C)C)NCc1cccs1. The molecule has 7 nitrogen and oxygen atoms in total. The van der Waals surface area contributed by atoms with Crippen LogP contribution in [-0.2, 0) is 20.8 Å². The lowest BCUT2D eigenvalue weighted by Crippen LogP contribution is -2.44. The van der Waals surface area contributed by atoms with Crippen molar-refractivity contribution < 1.29 is 14.3 Å². The second-order valence-corrected chi connectivity index (χ2v) is 7.28. The van der Waals surface area contributed by atoms with Crippen molar-refractivity contribution in [2.75, 3.05) is 40.5 Å². The van der Waals surface area contributed by atoms with Crippen LogP contribution in [0.25, 0.3) is 0 Å². The lowest BCUT2D eigenvalue weighted by atomic mass is 10.3. The summed E-state index contributed by atoms with van der Waals surface area (Å²) >= 11 is 1.68. The van der Waals surface area contributed by atoms with Crippen molar-refractivity contribution in [2.45, 2.75) is 32.0 Å². The molecule has 25 heavy (non-hydrogen) atoms. The van der Waals surface area contributed by atoms with Gasteiger partial charge in [-0.1, -0.05) is 6.07 Å². The Morgan fingerprint density at radius 3 is 3.04 bits per heavy atom. The largest absolute Gasteiger partial charge is 0.379 e. The number of nitrogens with one attached hydrogen (secondary N) is 2. The van der Waals surface area contributed by atoms with E-state index in [4.69, 9.17) is 9.47 Å². The number of hydrogen-bond donors (Lipinski definition) is 2. The molecule has 2 unspecified atom stereocenters. The van der Waals surface area contributed by atoms with Gasteiger partial charge in [-0.3, -0.25) is 4.79 Å². The number of guanidine groups is 1. The zero-order chi connectivity index (χ0) is 18.1. The van der Waals surface area contributed by atoms with E-state index in [2.05, 4.69) is 21.7 Å². The zero-order valence-corrected chi connectivity index (χ0v) is 16.0. The van der Waals surface area contributed by atoms with Crippen LogP contribution in [0.3, 0.4) is 0 Å². The van der Waals surface area contributed by atoms with Crippen molar-refractivity contribution in [3.8, 4) is 0 Å². The Hall–Kier alpha value is -1.64. The molecule has 1 fully saturated rings. The highest BCUT2D eigenvalue weighted by atomic mass is 32.1. The number of carbonyl (C=O) groups is 1. The molecule has 2 N–H and O–H groups in total. The second-order valence-electron chi connectivity index (χ2n) is 6.25. The van der Waals surface area contributed by atoms with Crippen molar-refractivity contribution in [2.24, 2.45) is 4.99 Å². The molecule has 0 saturated carbocycles. The summed E-state index contributed by atoms with van der Waals surface area (Å²) in [4.78, 5) is 18.9. The maximum atomic E-state index is 11.8. The highest BCUT2D eigenvalue weighted by Gasteiger charge is 2.17. The van der Waals surface area contributed by atoms with Crippen molar-refractivity contribution in [3.05, 3.63) is 22.4 Å². The average molecular weight is 369 g/mol. The van der Waals surface area contributed by atoms with Crippen LogP contribution in [0.1, 0.15) is 18.2 Å². The van der Waals surface area contributed by atoms with E-state index < -0.39 is 0 Å². The fourth-order valence-corrected chi connectivity index (χ4v) is 2.87. The Morgan fingerprint density at radius 1 is 1.56 bits per heavy atom. The summed E-state index contributed by atoms with van der Waals surface area (Å²) in [5, 5.41) is 8.62. The van der Waals surface area contributed by atoms with Gasteiger partial charge in [-0.2, -0.15) is 0 Å². The third-order valence-electron chi connectivity index (χ3n) is 3.73. The first-order valence-corrected chi connectivity index (χ1v) is 9.39. The lowest BCUT2D eigenvalue weighted by Gasteiger charge is -2.20. The molecule has 2 atom stereocenters. The summed E-state index contributed by atoms with van der Waals surface area (Å²) in [6.07, 6.45) is 1.13. The van der Waals surface area contributed by atoms with E-state index in [0.717, 1.165) is 13.0 Å². The molecule has 0 aliphatic carbocycles. The summed E-state index contributed by atoms with van der Waals surface area (Å²) in [6, 6.07) is 4.15. The van der Waals surface area contributed by atoms with E-state index in [0.29, 0.717) is 25.7 Å². The van der Waals surface area contributed by atoms with E-state index in [9.17, 15) is 4.79 Å². The van der Waals surface area contributed by atoms with Crippen LogP contribution < -0.4 is 10.6 Å². The Balaban J connectivity index is 1.84. The highest BCUT2D eigenvalue weighted by molar-refractivity contribution is 7.09. The van der Waals surface area contributed by atoms with Gasteiger partial charge in [0.15, 0.2) is 5.96 Å². The maximum Gasteiger partial charge on any atom is 0.243 e. The maximum absolute atomic E-state index is 11.8. The first-order chi connectivity index (χ1) is 12.0. The quantitative estimate of drug-likeness (QED) is 0.530. The van der Waals surface area contributed by atoms with Gasteiger partial charge in [0.1, 0.15) is 6.54 Å². The first-order valence-electron chi connectivity index (χ1n) is 8.51. The average Bonchev–Trinajstić information content (AvgIpc) is 3.28. The number of aliphatic imine (C=N–C) groups is 1. The molecule has 0 bridgehead atoms. The predicted molar refractivity (Wildman–Crippen MR) is 99.9 cm³/mol. The number of amides is 1. The van der Waals surface area contributed by atoms with E-state index in [1.54, 1.807) is 25.4 Å². The topological polar surface area (TPSA) is 75.2 Å². The minimum Gasteiger partial charge on any atom is -0.379 e. The molecule has 0 radical (unpaired) electrons. The third-order valence-corrected chi connectivity index (χ3v) is 4.61. The smallest absolute Gasteiger partial charge is 0.243 e. The summed E-state index contributed by atoms with van der Waals surface area (Å²) in [5.41, 5.74) is 0. The third kappa shape index (κ3) is 7.41. The van der Waals surface area contributed by atoms with Crippen LogP contribution in [0.15, 0.2) is 22.5 Å². The van der Waals surface area contributed by atoms with Gasteiger partial charge in [-0.05, 0) is 24.8 Å². The van der Waals surface area contributed by atoms with Crippen molar-refractivity contribution in [3.63, 3.8) is 0 Å². The van der Waals surface area contributed by atoms with E-state index in [-0.39, 0.29) is 24.6 Å². The predicted octanol–water partition coefficient (Wildman–Crippen LogP) is 1.07. The van der Waals surface area contributed by atoms with Gasteiger partial charge >= 0.3 is 0 Å². The van der Waals surface area contributed by atoms with Gasteiger partial charge in [0, 0.05) is 31.6 Å². The second kappa shape index (κ2) is 10.4. The van der Waals surface area contributed by atoms with E-state index in [1.807, 2.05) is 18.4 Å². The Bertz CT molecular complexity index is 542. The number of hydrogen-bond acceptors (Lipinski definition) is 5. The Labute approximate surface area is 153 Å². The molecule has 0 spiro atoms. The summed E-state index contributed by atoms with van der Waals surface area (Å²) in [6.45, 7) is 4.82. The Kier molecular flexibility index (Phi) is 8.17. The summed E-state index contributed by atoms with van der Waals surface area (Å²) < 4.78 is 11.2. The van der Waals surface area contributed by atoms with E-state index >= 15 is 0 Å². The number of carbonyl (C=O) groups excluding carboxylic acids is 1. The summed E-state index contributed by atoms with van der Waals surface area (Å²) in [7, 11) is 3.45. The number of rotatable bonds is 8. The minimum absolute atomic E-state index is 0.0377. The standard InChI is InChI=1S/C17H28N4O3S/c1-13(11-24-14-6-7-23-12-14)20-17(19-10-16(22)21(2)3)18-9-15-5-4-8-25-15/h4-5,8,13-14H,6-7,9-12H2,1-3H3,(H2,18,19,20). The fourth-order valence-electron chi connectivity index (χ4n) is 2.22. The number of thiophene rings is 1. The lowest BCUT2D eigenvalue weighted by molar-refractivity contribution is -0.127. The van der Waals surface area contributed by atoms with Gasteiger partial charge in [0.05, 0.1) is 25.9 Å². The monoisotopic (exact) mass is 368 g/mol. The molecule has 1 aromatic rings. The normalized spacial score (nSPS) is 18.8. The molecular formula is C17H28N4O3S. The fraction of sp³-hybridized carbons (Fsp3) is 0.647. The van der Waals surface area contributed by atoms with Crippen molar-refractivity contribution in [1.29, 1.82) is 0 Å². The number of likely N-dealkylation sites (N-methyl/N-ethyl adjacent to an activating group) is 1. The molecule has 1 aliphatic heterocycles.